The van der Waals surface area contributed by atoms with Crippen molar-refractivity contribution in [2.75, 3.05) is 0 Å². The van der Waals surface area contributed by atoms with Crippen molar-refractivity contribution in [1.29, 1.82) is 0 Å². The second kappa shape index (κ2) is 2.78. The predicted molar refractivity (Wildman–Crippen MR) is 64.6 cm³/mol. The molecule has 0 spiro atoms. The van der Waals surface area contributed by atoms with Crippen LogP contribution in [0.25, 0.3) is 0 Å². The highest BCUT2D eigenvalue weighted by molar-refractivity contribution is 5.39. The molecule has 15 heavy (non-hydrogen) atoms. The van der Waals surface area contributed by atoms with Crippen LogP contribution in [0.3, 0.4) is 0 Å². The van der Waals surface area contributed by atoms with Crippen LogP contribution in [0.2, 0.25) is 0 Å². The van der Waals surface area contributed by atoms with Crippen LogP contribution >= 0.6 is 0 Å². The Balaban J connectivity index is 2.03. The Morgan fingerprint density at radius 3 is 2.73 bits per heavy atom. The highest BCUT2D eigenvalue weighted by Gasteiger charge is 2.62. The first-order chi connectivity index (χ1) is 7.03. The average molecular weight is 202 g/mol. The van der Waals surface area contributed by atoms with Gasteiger partial charge in [-0.1, -0.05) is 36.6 Å². The van der Waals surface area contributed by atoms with Crippen molar-refractivity contribution in [1.82, 2.24) is 0 Å². The Hall–Kier alpha value is -0.520. The minimum Gasteiger partial charge on any atom is -0.0809 e. The third-order valence-corrected chi connectivity index (χ3v) is 5.39. The van der Waals surface area contributed by atoms with E-state index in [0.717, 1.165) is 17.8 Å². The van der Waals surface area contributed by atoms with E-state index in [1.54, 1.807) is 16.7 Å². The van der Waals surface area contributed by atoms with Gasteiger partial charge in [-0.25, -0.2) is 0 Å². The van der Waals surface area contributed by atoms with E-state index in [4.69, 9.17) is 0 Å². The highest BCUT2D eigenvalue weighted by atomic mass is 14.7. The van der Waals surface area contributed by atoms with Gasteiger partial charge in [0, 0.05) is 5.92 Å². The summed E-state index contributed by atoms with van der Waals surface area (Å²) in [5.41, 5.74) is 5.77. The molecule has 0 aromatic rings. The molecule has 0 aromatic carbocycles. The summed E-state index contributed by atoms with van der Waals surface area (Å²) < 4.78 is 0. The number of rotatable bonds is 0. The Bertz CT molecular complexity index is 367. The van der Waals surface area contributed by atoms with Crippen LogP contribution in [0.15, 0.2) is 22.8 Å². The molecule has 0 N–H and O–H groups in total. The van der Waals surface area contributed by atoms with Crippen LogP contribution < -0.4 is 0 Å². The fraction of sp³-hybridized carbons (Fsp3) is 0.733. The van der Waals surface area contributed by atoms with Gasteiger partial charge in [0.1, 0.15) is 0 Å². The Labute approximate surface area is 93.5 Å². The molecule has 82 valence electrons. The summed E-state index contributed by atoms with van der Waals surface area (Å²) >= 11 is 0. The van der Waals surface area contributed by atoms with Crippen molar-refractivity contribution in [2.45, 2.75) is 47.0 Å². The van der Waals surface area contributed by atoms with Crippen LogP contribution in [0.4, 0.5) is 0 Å². The van der Waals surface area contributed by atoms with Gasteiger partial charge in [-0.2, -0.15) is 0 Å². The lowest BCUT2D eigenvalue weighted by Crippen LogP contribution is -2.09. The van der Waals surface area contributed by atoms with Crippen LogP contribution in [-0.4, -0.2) is 0 Å². The largest absolute Gasteiger partial charge is 0.0809 e. The zero-order chi connectivity index (χ0) is 10.8. The molecule has 0 aromatic heterocycles. The molecule has 0 radical (unpaired) electrons. The molecule has 0 bridgehead atoms. The predicted octanol–water partition coefficient (Wildman–Crippen LogP) is 4.34. The van der Waals surface area contributed by atoms with Crippen LogP contribution in [0, 0.1) is 23.2 Å². The molecule has 0 aliphatic heterocycles. The summed E-state index contributed by atoms with van der Waals surface area (Å²) in [5, 5.41) is 0. The molecule has 1 saturated carbocycles. The standard InChI is InChI=1S/C15H22/c1-9-6-8-12-14(15(12,3)4)13-10(2)5-7-11(9)13/h5,12-14H,6-8H2,1-4H3. The molecule has 3 rings (SSSR count). The third kappa shape index (κ3) is 1.14. The number of fused-ring (bicyclic) bond motifs is 3. The lowest BCUT2D eigenvalue weighted by molar-refractivity contribution is 0.479. The van der Waals surface area contributed by atoms with E-state index < -0.39 is 0 Å². The summed E-state index contributed by atoms with van der Waals surface area (Å²) in [6.45, 7) is 9.67. The van der Waals surface area contributed by atoms with Gasteiger partial charge in [0.15, 0.2) is 0 Å². The summed E-state index contributed by atoms with van der Waals surface area (Å²) in [4.78, 5) is 0. The summed E-state index contributed by atoms with van der Waals surface area (Å²) in [5.74, 6) is 2.78. The summed E-state index contributed by atoms with van der Waals surface area (Å²) in [6, 6.07) is 0. The van der Waals surface area contributed by atoms with Gasteiger partial charge in [0.05, 0.1) is 0 Å². The minimum atomic E-state index is 0.621. The van der Waals surface area contributed by atoms with E-state index >= 15 is 0 Å². The maximum atomic E-state index is 2.48. The van der Waals surface area contributed by atoms with Gasteiger partial charge >= 0.3 is 0 Å². The molecule has 0 heteroatoms. The van der Waals surface area contributed by atoms with E-state index in [1.165, 1.54) is 19.3 Å². The van der Waals surface area contributed by atoms with Gasteiger partial charge in [-0.15, -0.1) is 0 Å². The van der Waals surface area contributed by atoms with Crippen molar-refractivity contribution in [3.05, 3.63) is 22.8 Å². The van der Waals surface area contributed by atoms with Gasteiger partial charge in [0.2, 0.25) is 0 Å². The van der Waals surface area contributed by atoms with Gasteiger partial charge < -0.3 is 0 Å². The topological polar surface area (TPSA) is 0 Å². The molecule has 1 fully saturated rings. The number of hydrogen-bond acceptors (Lipinski definition) is 0. The Morgan fingerprint density at radius 1 is 1.27 bits per heavy atom. The zero-order valence-electron chi connectivity index (χ0n) is 10.4. The van der Waals surface area contributed by atoms with E-state index in [9.17, 15) is 0 Å². The Morgan fingerprint density at radius 2 is 2.00 bits per heavy atom. The van der Waals surface area contributed by atoms with Crippen molar-refractivity contribution in [3.63, 3.8) is 0 Å². The molecular formula is C15H22. The first-order valence-electron chi connectivity index (χ1n) is 6.38. The minimum absolute atomic E-state index is 0.621. The molecule has 3 aliphatic carbocycles. The second-order valence-corrected chi connectivity index (χ2v) is 6.43. The first kappa shape index (κ1) is 9.69. The fourth-order valence-corrected chi connectivity index (χ4v) is 4.27. The van der Waals surface area contributed by atoms with Crippen molar-refractivity contribution >= 4 is 0 Å². The SMILES string of the molecule is CC1=CCC2=C(C)CCC3C(C12)C3(C)C. The van der Waals surface area contributed by atoms with Gasteiger partial charge in [-0.3, -0.25) is 0 Å². The molecule has 3 unspecified atom stereocenters. The van der Waals surface area contributed by atoms with Gasteiger partial charge in [-0.05, 0) is 50.4 Å². The lowest BCUT2D eigenvalue weighted by Gasteiger charge is -2.19. The lowest BCUT2D eigenvalue weighted by atomic mass is 9.86. The normalized spacial score (nSPS) is 41.9. The third-order valence-electron chi connectivity index (χ3n) is 5.39. The molecule has 0 heterocycles. The number of hydrogen-bond donors (Lipinski definition) is 0. The van der Waals surface area contributed by atoms with Crippen LogP contribution in [0.5, 0.6) is 0 Å². The maximum Gasteiger partial charge on any atom is 0.00463 e. The monoisotopic (exact) mass is 202 g/mol. The maximum absolute atomic E-state index is 2.48. The van der Waals surface area contributed by atoms with E-state index in [2.05, 4.69) is 33.8 Å². The second-order valence-electron chi connectivity index (χ2n) is 6.43. The average Bonchev–Trinajstić information content (AvgIpc) is 2.55. The molecule has 0 nitrogen and oxygen atoms in total. The first-order valence-corrected chi connectivity index (χ1v) is 6.38. The number of allylic oxidation sites excluding steroid dienone is 4. The molecular weight excluding hydrogens is 180 g/mol. The molecule has 0 saturated heterocycles. The van der Waals surface area contributed by atoms with Gasteiger partial charge in [0.25, 0.3) is 0 Å². The smallest absolute Gasteiger partial charge is 0.00463 e. The molecule has 3 aliphatic rings. The molecule has 3 atom stereocenters. The summed E-state index contributed by atoms with van der Waals surface area (Å²) in [6.07, 6.45) is 6.52. The molecule has 0 amide bonds. The van der Waals surface area contributed by atoms with E-state index in [0.29, 0.717) is 5.41 Å². The van der Waals surface area contributed by atoms with E-state index in [-0.39, 0.29) is 0 Å². The quantitative estimate of drug-likeness (QED) is 0.513. The highest BCUT2D eigenvalue weighted by Crippen LogP contribution is 2.68. The zero-order valence-corrected chi connectivity index (χ0v) is 10.4. The van der Waals surface area contributed by atoms with Crippen molar-refractivity contribution in [2.24, 2.45) is 23.2 Å². The van der Waals surface area contributed by atoms with Crippen molar-refractivity contribution in [3.8, 4) is 0 Å². The fourth-order valence-electron chi connectivity index (χ4n) is 4.27. The summed E-state index contributed by atoms with van der Waals surface area (Å²) in [7, 11) is 0. The van der Waals surface area contributed by atoms with E-state index in [1.807, 2.05) is 0 Å². The van der Waals surface area contributed by atoms with Crippen LogP contribution in [0.1, 0.15) is 47.0 Å². The Kier molecular flexibility index (Phi) is 1.80. The van der Waals surface area contributed by atoms with Crippen molar-refractivity contribution < 1.29 is 0 Å². The van der Waals surface area contributed by atoms with Crippen LogP contribution in [-0.2, 0) is 0 Å².